The molecule has 4 rings (SSSR count). The summed E-state index contributed by atoms with van der Waals surface area (Å²) in [6.07, 6.45) is 0.348. The number of rotatable bonds is 8. The van der Waals surface area contributed by atoms with Gasteiger partial charge in [-0.1, -0.05) is 75.4 Å². The molecule has 2 atom stereocenters. The van der Waals surface area contributed by atoms with Crippen LogP contribution in [0.1, 0.15) is 63.0 Å². The third-order valence-electron chi connectivity index (χ3n) is 6.72. The molecule has 0 saturated heterocycles. The van der Waals surface area contributed by atoms with Crippen LogP contribution in [0.2, 0.25) is 0 Å². The quantitative estimate of drug-likeness (QED) is 0.379. The topological polar surface area (TPSA) is 39.7 Å². The molecule has 0 fully saturated rings. The van der Waals surface area contributed by atoms with Crippen molar-refractivity contribution >= 4 is 5.69 Å². The Balaban J connectivity index is 1.56. The van der Waals surface area contributed by atoms with Gasteiger partial charge in [-0.25, -0.2) is 0 Å². The molecule has 0 bridgehead atoms. The number of hydrogen-bond acceptors (Lipinski definition) is 4. The van der Waals surface area contributed by atoms with E-state index in [1.165, 1.54) is 11.1 Å². The molecular formula is C31H39NO3. The van der Waals surface area contributed by atoms with E-state index in [4.69, 9.17) is 14.2 Å². The van der Waals surface area contributed by atoms with Crippen molar-refractivity contribution < 1.29 is 14.2 Å². The van der Waals surface area contributed by atoms with Gasteiger partial charge in [0.1, 0.15) is 23.6 Å². The Bertz CT molecular complexity index is 1100. The van der Waals surface area contributed by atoms with Gasteiger partial charge in [-0.3, -0.25) is 0 Å². The van der Waals surface area contributed by atoms with Crippen LogP contribution < -0.4 is 10.1 Å². The lowest BCUT2D eigenvalue weighted by atomic mass is 9.86. The highest BCUT2D eigenvalue weighted by atomic mass is 16.6. The van der Waals surface area contributed by atoms with Crippen LogP contribution in [0.5, 0.6) is 5.75 Å². The third-order valence-corrected chi connectivity index (χ3v) is 6.72. The molecule has 0 aliphatic carbocycles. The monoisotopic (exact) mass is 473 g/mol. The van der Waals surface area contributed by atoms with E-state index in [0.717, 1.165) is 29.0 Å². The molecule has 0 spiro atoms. The van der Waals surface area contributed by atoms with Crippen molar-refractivity contribution in [1.82, 2.24) is 0 Å². The van der Waals surface area contributed by atoms with Crippen LogP contribution in [0.25, 0.3) is 0 Å². The van der Waals surface area contributed by atoms with Gasteiger partial charge in [0.2, 0.25) is 0 Å². The average Bonchev–Trinajstić information content (AvgIpc) is 2.83. The SMILES string of the molecule is CNc1ccc2c(c1)C(OCCc1ccccc1)C(OCc1ccc(C(C)(C)C)cc1)C(C)(C)O2. The predicted molar refractivity (Wildman–Crippen MR) is 143 cm³/mol. The Hall–Kier alpha value is -2.82. The van der Waals surface area contributed by atoms with Crippen LogP contribution in [-0.4, -0.2) is 25.4 Å². The van der Waals surface area contributed by atoms with Gasteiger partial charge in [-0.2, -0.15) is 0 Å². The molecule has 186 valence electrons. The van der Waals surface area contributed by atoms with Crippen molar-refractivity contribution in [3.8, 4) is 5.75 Å². The van der Waals surface area contributed by atoms with Crippen molar-refractivity contribution in [1.29, 1.82) is 0 Å². The number of benzene rings is 3. The van der Waals surface area contributed by atoms with E-state index in [9.17, 15) is 0 Å². The first-order chi connectivity index (χ1) is 16.7. The average molecular weight is 474 g/mol. The lowest BCUT2D eigenvalue weighted by Crippen LogP contribution is -2.51. The zero-order valence-electron chi connectivity index (χ0n) is 21.9. The highest BCUT2D eigenvalue weighted by Gasteiger charge is 2.45. The van der Waals surface area contributed by atoms with Gasteiger partial charge in [0.25, 0.3) is 0 Å². The fourth-order valence-electron chi connectivity index (χ4n) is 4.59. The van der Waals surface area contributed by atoms with Crippen LogP contribution in [0, 0.1) is 0 Å². The van der Waals surface area contributed by atoms with E-state index in [1.54, 1.807) is 0 Å². The van der Waals surface area contributed by atoms with Gasteiger partial charge < -0.3 is 19.5 Å². The maximum atomic E-state index is 6.59. The maximum Gasteiger partial charge on any atom is 0.132 e. The zero-order valence-corrected chi connectivity index (χ0v) is 21.9. The highest BCUT2D eigenvalue weighted by molar-refractivity contribution is 5.53. The molecule has 0 aromatic heterocycles. The van der Waals surface area contributed by atoms with E-state index in [0.29, 0.717) is 13.2 Å². The summed E-state index contributed by atoms with van der Waals surface area (Å²) in [5.74, 6) is 0.855. The molecule has 4 heteroatoms. The van der Waals surface area contributed by atoms with Crippen LogP contribution >= 0.6 is 0 Å². The van der Waals surface area contributed by atoms with E-state index >= 15 is 0 Å². The van der Waals surface area contributed by atoms with E-state index in [1.807, 2.05) is 25.2 Å². The first kappa shape index (κ1) is 25.3. The fourth-order valence-corrected chi connectivity index (χ4v) is 4.59. The van der Waals surface area contributed by atoms with E-state index < -0.39 is 5.60 Å². The molecule has 4 nitrogen and oxygen atoms in total. The molecule has 35 heavy (non-hydrogen) atoms. The second kappa shape index (κ2) is 10.4. The summed E-state index contributed by atoms with van der Waals surface area (Å²) in [7, 11) is 1.93. The van der Waals surface area contributed by atoms with Crippen LogP contribution in [0.4, 0.5) is 5.69 Å². The summed E-state index contributed by atoms with van der Waals surface area (Å²) in [4.78, 5) is 0. The van der Waals surface area contributed by atoms with Gasteiger partial charge in [-0.05, 0) is 60.6 Å². The minimum Gasteiger partial charge on any atom is -0.485 e. The lowest BCUT2D eigenvalue weighted by Gasteiger charge is -2.44. The minimum atomic E-state index is -0.545. The standard InChI is InChI=1S/C31H39NO3/c1-30(2,3)24-14-12-23(13-15-24)21-34-29-28(33-19-18-22-10-8-7-9-11-22)26-20-25(32-6)16-17-27(26)35-31(29,4)5/h7-17,20,28-29,32H,18-19,21H2,1-6H3. The Kier molecular flexibility index (Phi) is 7.53. The summed E-state index contributed by atoms with van der Waals surface area (Å²) in [5, 5.41) is 3.24. The zero-order chi connectivity index (χ0) is 25.1. The largest absolute Gasteiger partial charge is 0.485 e. The Morgan fingerprint density at radius 1 is 0.886 bits per heavy atom. The van der Waals surface area contributed by atoms with Gasteiger partial charge in [0, 0.05) is 18.3 Å². The second-order valence-corrected chi connectivity index (χ2v) is 10.9. The third kappa shape index (κ3) is 6.06. The van der Waals surface area contributed by atoms with Gasteiger partial charge >= 0.3 is 0 Å². The van der Waals surface area contributed by atoms with Gasteiger partial charge in [-0.15, -0.1) is 0 Å². The lowest BCUT2D eigenvalue weighted by molar-refractivity contribution is -0.167. The number of nitrogens with one attached hydrogen (secondary N) is 1. The van der Waals surface area contributed by atoms with Gasteiger partial charge in [0.15, 0.2) is 0 Å². The minimum absolute atomic E-state index is 0.130. The molecular weight excluding hydrogens is 434 g/mol. The normalized spacial score (nSPS) is 19.0. The van der Waals surface area contributed by atoms with Crippen LogP contribution in [0.3, 0.4) is 0 Å². The maximum absolute atomic E-state index is 6.59. The molecule has 1 aliphatic heterocycles. The molecule has 3 aromatic carbocycles. The van der Waals surface area contributed by atoms with Gasteiger partial charge in [0.05, 0.1) is 13.2 Å². The molecule has 0 radical (unpaired) electrons. The van der Waals surface area contributed by atoms with Crippen molar-refractivity contribution in [2.45, 2.75) is 70.9 Å². The smallest absolute Gasteiger partial charge is 0.132 e. The molecule has 1 aliphatic rings. The molecule has 1 N–H and O–H groups in total. The molecule has 2 unspecified atom stereocenters. The summed E-state index contributed by atoms with van der Waals surface area (Å²) < 4.78 is 19.6. The van der Waals surface area contributed by atoms with Crippen molar-refractivity contribution in [2.24, 2.45) is 0 Å². The predicted octanol–water partition coefficient (Wildman–Crippen LogP) is 7.08. The summed E-state index contributed by atoms with van der Waals surface area (Å²) in [5.41, 5.74) is 5.36. The first-order valence-corrected chi connectivity index (χ1v) is 12.5. The fraction of sp³-hybridized carbons (Fsp3) is 0.419. The summed E-state index contributed by atoms with van der Waals surface area (Å²) in [6, 6.07) is 25.4. The molecule has 1 heterocycles. The highest BCUT2D eigenvalue weighted by Crippen LogP contribution is 2.44. The Labute approximate surface area is 210 Å². The van der Waals surface area contributed by atoms with Crippen molar-refractivity contribution in [3.05, 3.63) is 95.1 Å². The number of fused-ring (bicyclic) bond motifs is 1. The van der Waals surface area contributed by atoms with Crippen LogP contribution in [0.15, 0.2) is 72.8 Å². The number of anilines is 1. The number of ether oxygens (including phenoxy) is 3. The number of hydrogen-bond donors (Lipinski definition) is 1. The second-order valence-electron chi connectivity index (χ2n) is 10.9. The van der Waals surface area contributed by atoms with E-state index in [-0.39, 0.29) is 17.6 Å². The summed E-state index contributed by atoms with van der Waals surface area (Å²) in [6.45, 7) is 12.0. The Morgan fingerprint density at radius 2 is 1.60 bits per heavy atom. The summed E-state index contributed by atoms with van der Waals surface area (Å²) >= 11 is 0. The van der Waals surface area contributed by atoms with Crippen LogP contribution in [-0.2, 0) is 27.9 Å². The van der Waals surface area contributed by atoms with Crippen molar-refractivity contribution in [2.75, 3.05) is 19.0 Å². The van der Waals surface area contributed by atoms with Crippen molar-refractivity contribution in [3.63, 3.8) is 0 Å². The molecule has 3 aromatic rings. The van der Waals surface area contributed by atoms with E-state index in [2.05, 4.69) is 94.5 Å². The Morgan fingerprint density at radius 3 is 2.26 bits per heavy atom. The molecule has 0 saturated carbocycles. The molecule has 0 amide bonds. The first-order valence-electron chi connectivity index (χ1n) is 12.5.